The zero-order valence-electron chi connectivity index (χ0n) is 15.3. The molecule has 0 spiro atoms. The number of imidazole rings is 1. The van der Waals surface area contributed by atoms with Gasteiger partial charge in [0.2, 0.25) is 11.7 Å². The highest BCUT2D eigenvalue weighted by Gasteiger charge is 2.26. The molecule has 2 N–H and O–H groups in total. The average Bonchev–Trinajstić information content (AvgIpc) is 3.39. The van der Waals surface area contributed by atoms with Gasteiger partial charge in [-0.05, 0) is 30.0 Å². The first kappa shape index (κ1) is 17.4. The van der Waals surface area contributed by atoms with Gasteiger partial charge in [0.15, 0.2) is 0 Å². The van der Waals surface area contributed by atoms with E-state index in [1.165, 1.54) is 11.8 Å². The number of benzene rings is 1. The number of fused-ring (bicyclic) bond motifs is 1. The Morgan fingerprint density at radius 3 is 3.00 bits per heavy atom. The lowest BCUT2D eigenvalue weighted by Crippen LogP contribution is -2.28. The van der Waals surface area contributed by atoms with Crippen LogP contribution in [0.15, 0.2) is 28.9 Å². The second-order valence-corrected chi connectivity index (χ2v) is 6.62. The van der Waals surface area contributed by atoms with Crippen molar-refractivity contribution in [2.24, 2.45) is 7.05 Å². The Labute approximate surface area is 156 Å². The minimum absolute atomic E-state index is 0.0505. The number of aliphatic hydroxyl groups is 1. The highest BCUT2D eigenvalue weighted by Crippen LogP contribution is 2.34. The Hall–Kier alpha value is -3.00. The van der Waals surface area contributed by atoms with Crippen molar-refractivity contribution >= 4 is 5.91 Å². The topological polar surface area (TPSA) is 106 Å². The fourth-order valence-corrected chi connectivity index (χ4v) is 3.46. The molecule has 1 amide bonds. The number of hydrogen-bond acceptors (Lipinski definition) is 6. The van der Waals surface area contributed by atoms with Crippen LogP contribution in [-0.4, -0.2) is 30.7 Å². The number of nitrogens with zero attached hydrogens (tertiary/aromatic N) is 4. The third-order valence-corrected chi connectivity index (χ3v) is 5.01. The lowest BCUT2D eigenvalue weighted by atomic mass is 10.0. The largest absolute Gasteiger partial charge is 0.388 e. The Bertz CT molecular complexity index is 991. The van der Waals surface area contributed by atoms with Crippen LogP contribution in [0.1, 0.15) is 52.7 Å². The summed E-state index contributed by atoms with van der Waals surface area (Å²) in [6.45, 7) is 1.77. The number of carbonyl (C=O) groups excluding carboxylic acids is 1. The van der Waals surface area contributed by atoms with Crippen LogP contribution < -0.4 is 5.32 Å². The number of nitrogens with one attached hydrogen (secondary N) is 1. The predicted octanol–water partition coefficient (Wildman–Crippen LogP) is 1.94. The third-order valence-electron chi connectivity index (χ3n) is 5.01. The Balaban J connectivity index is 1.53. The minimum Gasteiger partial charge on any atom is -0.388 e. The molecule has 2 heterocycles. The molecule has 2 aromatic heterocycles. The predicted molar refractivity (Wildman–Crippen MR) is 96.8 cm³/mol. The SMILES string of the molecule is CCc1nc(-c2ccc3c(c2)CC[C@H]3NC(=O)c2cnc(CO)n2C)no1. The molecule has 0 saturated heterocycles. The van der Waals surface area contributed by atoms with Gasteiger partial charge in [0.1, 0.15) is 18.1 Å². The van der Waals surface area contributed by atoms with E-state index < -0.39 is 0 Å². The fourth-order valence-electron chi connectivity index (χ4n) is 3.46. The summed E-state index contributed by atoms with van der Waals surface area (Å²) in [5.74, 6) is 1.48. The summed E-state index contributed by atoms with van der Waals surface area (Å²) in [5, 5.41) is 16.3. The molecule has 0 unspecified atom stereocenters. The van der Waals surface area contributed by atoms with Gasteiger partial charge in [0, 0.05) is 19.0 Å². The van der Waals surface area contributed by atoms with Crippen LogP contribution >= 0.6 is 0 Å². The van der Waals surface area contributed by atoms with Crippen molar-refractivity contribution in [2.45, 2.75) is 38.8 Å². The highest BCUT2D eigenvalue weighted by atomic mass is 16.5. The van der Waals surface area contributed by atoms with Crippen molar-refractivity contribution in [3.8, 4) is 11.4 Å². The Kier molecular flexibility index (Phi) is 4.49. The number of amides is 1. The normalized spacial score (nSPS) is 15.7. The van der Waals surface area contributed by atoms with Crippen LogP contribution in [0.25, 0.3) is 11.4 Å². The van der Waals surface area contributed by atoms with Crippen molar-refractivity contribution in [1.29, 1.82) is 0 Å². The lowest BCUT2D eigenvalue weighted by Gasteiger charge is -2.14. The summed E-state index contributed by atoms with van der Waals surface area (Å²) < 4.78 is 6.80. The molecule has 1 aliphatic carbocycles. The van der Waals surface area contributed by atoms with Gasteiger partial charge in [-0.1, -0.05) is 24.2 Å². The number of aliphatic hydroxyl groups excluding tert-OH is 1. The molecule has 0 radical (unpaired) electrons. The number of aryl methyl sites for hydroxylation is 2. The van der Waals surface area contributed by atoms with Crippen LogP contribution in [0.5, 0.6) is 0 Å². The van der Waals surface area contributed by atoms with Crippen molar-refractivity contribution < 1.29 is 14.4 Å². The first-order chi connectivity index (χ1) is 13.1. The van der Waals surface area contributed by atoms with Crippen LogP contribution in [0.2, 0.25) is 0 Å². The van der Waals surface area contributed by atoms with Gasteiger partial charge < -0.3 is 19.5 Å². The van der Waals surface area contributed by atoms with E-state index in [0.29, 0.717) is 29.7 Å². The third kappa shape index (κ3) is 3.12. The molecule has 140 valence electrons. The number of aromatic nitrogens is 4. The maximum absolute atomic E-state index is 12.6. The Morgan fingerprint density at radius 1 is 1.44 bits per heavy atom. The second kappa shape index (κ2) is 6.96. The molecule has 27 heavy (non-hydrogen) atoms. The van der Waals surface area contributed by atoms with Gasteiger partial charge in [-0.25, -0.2) is 4.98 Å². The molecule has 0 fully saturated rings. The van der Waals surface area contributed by atoms with Crippen LogP contribution in [-0.2, 0) is 26.5 Å². The first-order valence-corrected chi connectivity index (χ1v) is 8.98. The van der Waals surface area contributed by atoms with Gasteiger partial charge in [-0.3, -0.25) is 4.79 Å². The number of rotatable bonds is 5. The summed E-state index contributed by atoms with van der Waals surface area (Å²) >= 11 is 0. The van der Waals surface area contributed by atoms with Crippen LogP contribution in [0, 0.1) is 0 Å². The Morgan fingerprint density at radius 2 is 2.30 bits per heavy atom. The van der Waals surface area contributed by atoms with Crippen molar-refractivity contribution in [1.82, 2.24) is 25.0 Å². The summed E-state index contributed by atoms with van der Waals surface area (Å²) in [5.41, 5.74) is 3.64. The molecule has 1 aromatic carbocycles. The summed E-state index contributed by atoms with van der Waals surface area (Å²) in [6.07, 6.45) is 3.90. The number of carbonyl (C=O) groups is 1. The molecule has 0 aliphatic heterocycles. The van der Waals surface area contributed by atoms with E-state index >= 15 is 0 Å². The molecular formula is C19H21N5O3. The smallest absolute Gasteiger partial charge is 0.270 e. The summed E-state index contributed by atoms with van der Waals surface area (Å²) in [6, 6.07) is 6.00. The molecular weight excluding hydrogens is 346 g/mol. The molecule has 1 atom stereocenters. The van der Waals surface area contributed by atoms with Gasteiger partial charge >= 0.3 is 0 Å². The molecule has 0 saturated carbocycles. The average molecular weight is 367 g/mol. The maximum Gasteiger partial charge on any atom is 0.270 e. The molecule has 3 aromatic rings. The summed E-state index contributed by atoms with van der Waals surface area (Å²) in [7, 11) is 1.72. The molecule has 1 aliphatic rings. The first-order valence-electron chi connectivity index (χ1n) is 8.98. The van der Waals surface area contributed by atoms with Crippen LogP contribution in [0.4, 0.5) is 0 Å². The maximum atomic E-state index is 12.6. The summed E-state index contributed by atoms with van der Waals surface area (Å²) in [4.78, 5) is 21.0. The van der Waals surface area contributed by atoms with E-state index in [4.69, 9.17) is 4.52 Å². The number of hydrogen-bond donors (Lipinski definition) is 2. The quantitative estimate of drug-likeness (QED) is 0.714. The monoisotopic (exact) mass is 367 g/mol. The fraction of sp³-hybridized carbons (Fsp3) is 0.368. The molecule has 8 nitrogen and oxygen atoms in total. The van der Waals surface area contributed by atoms with E-state index in [0.717, 1.165) is 24.0 Å². The van der Waals surface area contributed by atoms with Gasteiger partial charge in [-0.2, -0.15) is 4.98 Å². The zero-order valence-corrected chi connectivity index (χ0v) is 15.3. The van der Waals surface area contributed by atoms with E-state index in [9.17, 15) is 9.90 Å². The molecule has 8 heteroatoms. The van der Waals surface area contributed by atoms with Crippen molar-refractivity contribution in [3.05, 3.63) is 52.9 Å². The molecule has 0 bridgehead atoms. The van der Waals surface area contributed by atoms with Gasteiger partial charge in [-0.15, -0.1) is 0 Å². The highest BCUT2D eigenvalue weighted by molar-refractivity contribution is 5.92. The second-order valence-electron chi connectivity index (χ2n) is 6.62. The van der Waals surface area contributed by atoms with Crippen molar-refractivity contribution in [2.75, 3.05) is 0 Å². The lowest BCUT2D eigenvalue weighted by molar-refractivity contribution is 0.0928. The van der Waals surface area contributed by atoms with Gasteiger partial charge in [0.05, 0.1) is 12.2 Å². The van der Waals surface area contributed by atoms with E-state index in [2.05, 4.69) is 26.5 Å². The minimum atomic E-state index is -0.200. The molecule has 4 rings (SSSR count). The zero-order chi connectivity index (χ0) is 19.0. The van der Waals surface area contributed by atoms with E-state index in [1.807, 2.05) is 19.1 Å². The van der Waals surface area contributed by atoms with E-state index in [1.54, 1.807) is 11.6 Å². The van der Waals surface area contributed by atoms with Crippen molar-refractivity contribution in [3.63, 3.8) is 0 Å². The standard InChI is InChI=1S/C19H21N5O3/c1-3-17-22-18(23-27-17)12-4-6-13-11(8-12)5-7-14(13)21-19(26)15-9-20-16(10-25)24(15)2/h4,6,8-9,14,25H,3,5,7,10H2,1-2H3,(H,21,26)/t14-/m1/s1. The van der Waals surface area contributed by atoms with Crippen LogP contribution in [0.3, 0.4) is 0 Å². The van der Waals surface area contributed by atoms with Gasteiger partial charge in [0.25, 0.3) is 5.91 Å². The van der Waals surface area contributed by atoms with E-state index in [-0.39, 0.29) is 18.6 Å².